The maximum absolute atomic E-state index is 12.8. The molecule has 1 aliphatic heterocycles. The second kappa shape index (κ2) is 6.63. The van der Waals surface area contributed by atoms with Crippen molar-refractivity contribution in [3.8, 4) is 0 Å². The number of carbonyl (C=O) groups is 2. The topological polar surface area (TPSA) is 66.7 Å². The molecule has 0 bridgehead atoms. The molecule has 0 radical (unpaired) electrons. The predicted octanol–water partition coefficient (Wildman–Crippen LogP) is 3.13. The van der Waals surface area contributed by atoms with Gasteiger partial charge in [0.15, 0.2) is 5.69 Å². The molecule has 0 unspecified atom stereocenters. The van der Waals surface area contributed by atoms with Gasteiger partial charge in [-0.2, -0.15) is 0 Å². The van der Waals surface area contributed by atoms with Crippen LogP contribution < -0.4 is 5.32 Å². The molecule has 0 aliphatic carbocycles. The minimum Gasteiger partial charge on any atom is -0.337 e. The summed E-state index contributed by atoms with van der Waals surface area (Å²) in [6.07, 6.45) is 3.78. The molecule has 132 valence electrons. The normalized spacial score (nSPS) is 14.0. The van der Waals surface area contributed by atoms with E-state index in [1.54, 1.807) is 15.5 Å². The third kappa shape index (κ3) is 2.94. The molecule has 3 aromatic rings. The molecule has 1 aliphatic rings. The Kier molecular flexibility index (Phi) is 4.16. The summed E-state index contributed by atoms with van der Waals surface area (Å²) in [6.45, 7) is 3.48. The third-order valence-corrected chi connectivity index (χ3v) is 4.66. The van der Waals surface area contributed by atoms with E-state index in [1.165, 1.54) is 0 Å². The molecule has 1 aromatic carbocycles. The first-order valence-electron chi connectivity index (χ1n) is 8.78. The SMILES string of the molecule is Cc1ccc(NC(=O)c2nc(C(=O)N3CCCC3)c3ccccn23)cc1. The lowest BCUT2D eigenvalue weighted by molar-refractivity contribution is 0.0789. The molecule has 0 saturated carbocycles. The number of imidazole rings is 1. The Morgan fingerprint density at radius 1 is 1.04 bits per heavy atom. The molecule has 2 aromatic heterocycles. The van der Waals surface area contributed by atoms with Gasteiger partial charge in [0.1, 0.15) is 0 Å². The average Bonchev–Trinajstić information content (AvgIpc) is 3.31. The third-order valence-electron chi connectivity index (χ3n) is 4.66. The van der Waals surface area contributed by atoms with Crippen molar-refractivity contribution in [2.75, 3.05) is 18.4 Å². The lowest BCUT2D eigenvalue weighted by Gasteiger charge is -2.13. The monoisotopic (exact) mass is 348 g/mol. The van der Waals surface area contributed by atoms with Gasteiger partial charge in [-0.05, 0) is 44.0 Å². The summed E-state index contributed by atoms with van der Waals surface area (Å²) in [5.74, 6) is -0.236. The molecular weight excluding hydrogens is 328 g/mol. The van der Waals surface area contributed by atoms with Gasteiger partial charge in [-0.25, -0.2) is 4.98 Å². The number of likely N-dealkylation sites (tertiary alicyclic amines) is 1. The number of pyridine rings is 1. The van der Waals surface area contributed by atoms with Crippen molar-refractivity contribution in [3.05, 3.63) is 65.7 Å². The summed E-state index contributed by atoms with van der Waals surface area (Å²) in [5.41, 5.74) is 2.80. The van der Waals surface area contributed by atoms with Crippen LogP contribution in [0.2, 0.25) is 0 Å². The standard InChI is InChI=1S/C20H20N4O2/c1-14-7-9-15(10-8-14)21-19(25)18-22-17(16-6-2-3-13-24(16)18)20(26)23-11-4-5-12-23/h2-3,6-10,13H,4-5,11-12H2,1H3,(H,21,25). The van der Waals surface area contributed by atoms with Gasteiger partial charge in [0.25, 0.3) is 11.8 Å². The van der Waals surface area contributed by atoms with Gasteiger partial charge < -0.3 is 10.2 Å². The zero-order chi connectivity index (χ0) is 18.1. The number of aromatic nitrogens is 2. The van der Waals surface area contributed by atoms with Crippen molar-refractivity contribution >= 4 is 23.0 Å². The van der Waals surface area contributed by atoms with E-state index < -0.39 is 0 Å². The number of fused-ring (bicyclic) bond motifs is 1. The fourth-order valence-corrected chi connectivity index (χ4v) is 3.25. The Hall–Kier alpha value is -3.15. The Morgan fingerprint density at radius 3 is 2.50 bits per heavy atom. The van der Waals surface area contributed by atoms with Crippen LogP contribution in [0.25, 0.3) is 5.52 Å². The van der Waals surface area contributed by atoms with Gasteiger partial charge >= 0.3 is 0 Å². The quantitative estimate of drug-likeness (QED) is 0.791. The Labute approximate surface area is 151 Å². The van der Waals surface area contributed by atoms with Crippen LogP contribution in [0, 0.1) is 6.92 Å². The van der Waals surface area contributed by atoms with E-state index in [1.807, 2.05) is 49.4 Å². The highest BCUT2D eigenvalue weighted by Gasteiger charge is 2.26. The average molecular weight is 348 g/mol. The zero-order valence-electron chi connectivity index (χ0n) is 14.6. The molecule has 1 fully saturated rings. The summed E-state index contributed by atoms with van der Waals surface area (Å²) in [7, 11) is 0. The van der Waals surface area contributed by atoms with E-state index in [-0.39, 0.29) is 17.6 Å². The number of rotatable bonds is 3. The zero-order valence-corrected chi connectivity index (χ0v) is 14.6. The van der Waals surface area contributed by atoms with Crippen molar-refractivity contribution in [1.82, 2.24) is 14.3 Å². The predicted molar refractivity (Wildman–Crippen MR) is 99.5 cm³/mol. The van der Waals surface area contributed by atoms with Gasteiger partial charge in [0, 0.05) is 25.0 Å². The van der Waals surface area contributed by atoms with Crippen LogP contribution in [0.5, 0.6) is 0 Å². The smallest absolute Gasteiger partial charge is 0.292 e. The first-order chi connectivity index (χ1) is 12.6. The Balaban J connectivity index is 1.69. The number of nitrogens with zero attached hydrogens (tertiary/aromatic N) is 3. The van der Waals surface area contributed by atoms with Crippen molar-refractivity contribution in [2.24, 2.45) is 0 Å². The van der Waals surface area contributed by atoms with Crippen LogP contribution in [-0.2, 0) is 0 Å². The summed E-state index contributed by atoms with van der Waals surface area (Å²) < 4.78 is 1.67. The number of amides is 2. The molecule has 26 heavy (non-hydrogen) atoms. The van der Waals surface area contributed by atoms with Crippen molar-refractivity contribution in [1.29, 1.82) is 0 Å². The molecule has 6 heteroatoms. The van der Waals surface area contributed by atoms with Gasteiger partial charge in [-0.1, -0.05) is 23.8 Å². The highest BCUT2D eigenvalue weighted by molar-refractivity contribution is 6.06. The number of benzene rings is 1. The van der Waals surface area contributed by atoms with Crippen LogP contribution in [0.15, 0.2) is 48.7 Å². The van der Waals surface area contributed by atoms with Gasteiger partial charge in [0.05, 0.1) is 5.52 Å². The first kappa shape index (κ1) is 16.3. The van der Waals surface area contributed by atoms with E-state index in [0.29, 0.717) is 16.9 Å². The highest BCUT2D eigenvalue weighted by Crippen LogP contribution is 2.19. The minimum absolute atomic E-state index is 0.111. The first-order valence-corrected chi connectivity index (χ1v) is 8.78. The van der Waals surface area contributed by atoms with Crippen LogP contribution in [0.1, 0.15) is 39.5 Å². The van der Waals surface area contributed by atoms with Gasteiger partial charge in [-0.15, -0.1) is 0 Å². The lowest BCUT2D eigenvalue weighted by Crippen LogP contribution is -2.28. The molecule has 3 heterocycles. The lowest BCUT2D eigenvalue weighted by atomic mass is 10.2. The molecule has 2 amide bonds. The molecule has 0 spiro atoms. The summed E-state index contributed by atoms with van der Waals surface area (Å²) in [6, 6.07) is 13.0. The fourth-order valence-electron chi connectivity index (χ4n) is 3.25. The maximum Gasteiger partial charge on any atom is 0.292 e. The van der Waals surface area contributed by atoms with Crippen LogP contribution >= 0.6 is 0 Å². The van der Waals surface area contributed by atoms with E-state index in [0.717, 1.165) is 31.5 Å². The van der Waals surface area contributed by atoms with Crippen molar-refractivity contribution < 1.29 is 9.59 Å². The highest BCUT2D eigenvalue weighted by atomic mass is 16.2. The summed E-state index contributed by atoms with van der Waals surface area (Å²) in [4.78, 5) is 31.8. The number of aryl methyl sites for hydroxylation is 1. The maximum atomic E-state index is 12.8. The second-order valence-corrected chi connectivity index (χ2v) is 6.56. The molecular formula is C20H20N4O2. The molecule has 1 saturated heterocycles. The summed E-state index contributed by atoms with van der Waals surface area (Å²) >= 11 is 0. The Morgan fingerprint density at radius 2 is 1.77 bits per heavy atom. The van der Waals surface area contributed by atoms with Gasteiger partial charge in [0.2, 0.25) is 5.82 Å². The number of hydrogen-bond acceptors (Lipinski definition) is 3. The minimum atomic E-state index is -0.337. The number of carbonyl (C=O) groups excluding carboxylic acids is 2. The Bertz CT molecular complexity index is 969. The van der Waals surface area contributed by atoms with Crippen molar-refractivity contribution in [3.63, 3.8) is 0 Å². The van der Waals surface area contributed by atoms with Crippen molar-refractivity contribution in [2.45, 2.75) is 19.8 Å². The van der Waals surface area contributed by atoms with E-state index in [2.05, 4.69) is 10.3 Å². The number of anilines is 1. The second-order valence-electron chi connectivity index (χ2n) is 6.56. The molecule has 6 nitrogen and oxygen atoms in total. The number of nitrogens with one attached hydrogen (secondary N) is 1. The van der Waals surface area contributed by atoms with Crippen LogP contribution in [0.4, 0.5) is 5.69 Å². The molecule has 1 N–H and O–H groups in total. The summed E-state index contributed by atoms with van der Waals surface area (Å²) in [5, 5.41) is 2.85. The molecule has 4 rings (SSSR count). The largest absolute Gasteiger partial charge is 0.337 e. The van der Waals surface area contributed by atoms with E-state index in [9.17, 15) is 9.59 Å². The number of hydrogen-bond donors (Lipinski definition) is 1. The fraction of sp³-hybridized carbons (Fsp3) is 0.250. The van der Waals surface area contributed by atoms with E-state index >= 15 is 0 Å². The van der Waals surface area contributed by atoms with Crippen LogP contribution in [0.3, 0.4) is 0 Å². The molecule has 0 atom stereocenters. The van der Waals surface area contributed by atoms with Gasteiger partial charge in [-0.3, -0.25) is 14.0 Å². The van der Waals surface area contributed by atoms with Crippen LogP contribution in [-0.4, -0.2) is 39.2 Å². The van der Waals surface area contributed by atoms with E-state index in [4.69, 9.17) is 0 Å².